The normalized spacial score (nSPS) is 21.1. The lowest BCUT2D eigenvalue weighted by atomic mass is 9.84. The van der Waals surface area contributed by atoms with Crippen LogP contribution in [0, 0.1) is 6.92 Å². The second-order valence-corrected chi connectivity index (χ2v) is 6.05. The van der Waals surface area contributed by atoms with Gasteiger partial charge in [0.25, 0.3) is 0 Å². The van der Waals surface area contributed by atoms with Gasteiger partial charge in [0.2, 0.25) is 0 Å². The van der Waals surface area contributed by atoms with Crippen molar-refractivity contribution in [3.05, 3.63) is 66.0 Å². The summed E-state index contributed by atoms with van der Waals surface area (Å²) < 4.78 is 6.18. The average molecular weight is 290 g/mol. The predicted molar refractivity (Wildman–Crippen MR) is 89.6 cm³/mol. The summed E-state index contributed by atoms with van der Waals surface area (Å²) in [5, 5.41) is 1.08. The van der Waals surface area contributed by atoms with E-state index in [4.69, 9.17) is 4.42 Å². The van der Waals surface area contributed by atoms with Crippen LogP contribution < -0.4 is 0 Å². The number of furan rings is 1. The van der Waals surface area contributed by atoms with Crippen LogP contribution in [0.3, 0.4) is 0 Å². The zero-order valence-electron chi connectivity index (χ0n) is 13.0. The number of benzene rings is 1. The molecule has 3 heteroatoms. The van der Waals surface area contributed by atoms with E-state index in [1.807, 2.05) is 18.3 Å². The molecule has 0 aliphatic carbocycles. The first kappa shape index (κ1) is 13.1. The first-order chi connectivity index (χ1) is 10.6. The molecule has 0 radical (unpaired) electrons. The number of allylic oxidation sites excluding steroid dienone is 2. The molecule has 1 aliphatic heterocycles. The van der Waals surface area contributed by atoms with Gasteiger partial charge in [0.05, 0.1) is 5.54 Å². The molecule has 1 aromatic carbocycles. The van der Waals surface area contributed by atoms with Gasteiger partial charge < -0.3 is 9.32 Å². The number of hydrogen-bond acceptors (Lipinski definition) is 3. The van der Waals surface area contributed by atoms with Crippen molar-refractivity contribution in [3.63, 3.8) is 0 Å². The van der Waals surface area contributed by atoms with E-state index in [1.165, 1.54) is 11.1 Å². The summed E-state index contributed by atoms with van der Waals surface area (Å²) in [5.74, 6) is 0. The van der Waals surface area contributed by atoms with Crippen LogP contribution >= 0.6 is 0 Å². The quantitative estimate of drug-likeness (QED) is 0.660. The molecule has 0 spiro atoms. The smallest absolute Gasteiger partial charge is 0.153 e. The molecule has 0 bridgehead atoms. The Labute approximate surface area is 129 Å². The van der Waals surface area contributed by atoms with Crippen molar-refractivity contribution in [2.24, 2.45) is 0 Å². The Morgan fingerprint density at radius 3 is 2.86 bits per heavy atom. The van der Waals surface area contributed by atoms with E-state index < -0.39 is 0 Å². The van der Waals surface area contributed by atoms with Gasteiger partial charge in [0.1, 0.15) is 11.1 Å². The van der Waals surface area contributed by atoms with E-state index in [0.717, 1.165) is 22.1 Å². The van der Waals surface area contributed by atoms with Crippen LogP contribution in [0.15, 0.2) is 59.3 Å². The SMILES string of the molecule is Cc1ccc2c(oc3cccnc32)c1C1(C)C=CC=CN1C. The highest BCUT2D eigenvalue weighted by molar-refractivity contribution is 6.04. The standard InChI is InChI=1S/C19H18N2O/c1-13-8-9-14-17-15(7-6-11-20-17)22-18(14)16(13)19(2)10-4-5-12-21(19)3/h4-12H,1-3H3. The van der Waals surface area contributed by atoms with Crippen molar-refractivity contribution in [1.29, 1.82) is 0 Å². The van der Waals surface area contributed by atoms with Gasteiger partial charge in [-0.3, -0.25) is 4.98 Å². The molecule has 1 unspecified atom stereocenters. The van der Waals surface area contributed by atoms with Crippen LogP contribution in [0.5, 0.6) is 0 Å². The van der Waals surface area contributed by atoms with Crippen LogP contribution in [0.2, 0.25) is 0 Å². The van der Waals surface area contributed by atoms with E-state index in [-0.39, 0.29) is 5.54 Å². The minimum absolute atomic E-state index is 0.230. The summed E-state index contributed by atoms with van der Waals surface area (Å²) in [7, 11) is 2.10. The molecule has 0 fully saturated rings. The fraction of sp³-hybridized carbons (Fsp3) is 0.211. The van der Waals surface area contributed by atoms with E-state index >= 15 is 0 Å². The van der Waals surface area contributed by atoms with Gasteiger partial charge in [-0.2, -0.15) is 0 Å². The molecule has 4 rings (SSSR count). The fourth-order valence-corrected chi connectivity index (χ4v) is 3.34. The third-order valence-electron chi connectivity index (χ3n) is 4.68. The molecular weight excluding hydrogens is 272 g/mol. The lowest BCUT2D eigenvalue weighted by molar-refractivity contribution is 0.261. The maximum atomic E-state index is 6.18. The molecular formula is C19H18N2O. The molecule has 110 valence electrons. The molecule has 0 saturated carbocycles. The molecule has 0 amide bonds. The largest absolute Gasteiger partial charge is 0.454 e. The fourth-order valence-electron chi connectivity index (χ4n) is 3.34. The van der Waals surface area contributed by atoms with Crippen molar-refractivity contribution in [2.45, 2.75) is 19.4 Å². The van der Waals surface area contributed by atoms with Gasteiger partial charge in [-0.05, 0) is 49.9 Å². The Kier molecular flexibility index (Phi) is 2.67. The number of aromatic nitrogens is 1. The van der Waals surface area contributed by atoms with Crippen LogP contribution in [0.25, 0.3) is 22.1 Å². The minimum atomic E-state index is -0.230. The van der Waals surface area contributed by atoms with Crippen LogP contribution in [0.1, 0.15) is 18.1 Å². The molecule has 1 aliphatic rings. The van der Waals surface area contributed by atoms with Gasteiger partial charge in [-0.25, -0.2) is 0 Å². The summed E-state index contributed by atoms with van der Waals surface area (Å²) in [4.78, 5) is 6.71. The number of fused-ring (bicyclic) bond motifs is 3. The van der Waals surface area contributed by atoms with Crippen molar-refractivity contribution in [1.82, 2.24) is 9.88 Å². The number of pyridine rings is 1. The Morgan fingerprint density at radius 1 is 1.18 bits per heavy atom. The summed E-state index contributed by atoms with van der Waals surface area (Å²) >= 11 is 0. The van der Waals surface area contributed by atoms with Crippen molar-refractivity contribution < 1.29 is 4.42 Å². The Bertz CT molecular complexity index is 935. The summed E-state index contributed by atoms with van der Waals surface area (Å²) in [6, 6.07) is 8.16. The number of nitrogens with zero attached hydrogens (tertiary/aromatic N) is 2. The van der Waals surface area contributed by atoms with Crippen molar-refractivity contribution in [2.75, 3.05) is 7.05 Å². The zero-order valence-corrected chi connectivity index (χ0v) is 13.0. The average Bonchev–Trinajstić information content (AvgIpc) is 2.88. The highest BCUT2D eigenvalue weighted by atomic mass is 16.3. The molecule has 3 aromatic rings. The van der Waals surface area contributed by atoms with Crippen LogP contribution in [-0.4, -0.2) is 16.9 Å². The first-order valence-electron chi connectivity index (χ1n) is 7.47. The first-order valence-corrected chi connectivity index (χ1v) is 7.47. The number of hydrogen-bond donors (Lipinski definition) is 0. The summed E-state index contributed by atoms with van der Waals surface area (Å²) in [5.41, 5.74) is 4.90. The van der Waals surface area contributed by atoms with Crippen molar-refractivity contribution >= 4 is 22.1 Å². The Balaban J connectivity index is 2.11. The summed E-state index contributed by atoms with van der Waals surface area (Å²) in [6.45, 7) is 4.36. The van der Waals surface area contributed by atoms with Gasteiger partial charge in [0.15, 0.2) is 5.58 Å². The van der Waals surface area contributed by atoms with Crippen LogP contribution in [-0.2, 0) is 5.54 Å². The number of likely N-dealkylation sites (N-methyl/N-ethyl adjacent to an activating group) is 1. The highest BCUT2D eigenvalue weighted by Gasteiger charge is 2.33. The van der Waals surface area contributed by atoms with Gasteiger partial charge >= 0.3 is 0 Å². The van der Waals surface area contributed by atoms with Crippen LogP contribution in [0.4, 0.5) is 0 Å². The predicted octanol–water partition coefficient (Wildman–Crippen LogP) is 4.52. The molecule has 1 atom stereocenters. The third-order valence-corrected chi connectivity index (χ3v) is 4.68. The van der Waals surface area contributed by atoms with E-state index in [2.05, 4.69) is 67.3 Å². The van der Waals surface area contributed by atoms with Gasteiger partial charge in [0, 0.05) is 24.2 Å². The lowest BCUT2D eigenvalue weighted by Gasteiger charge is -2.38. The van der Waals surface area contributed by atoms with E-state index in [9.17, 15) is 0 Å². The molecule has 3 heterocycles. The minimum Gasteiger partial charge on any atom is -0.454 e. The zero-order chi connectivity index (χ0) is 15.3. The maximum Gasteiger partial charge on any atom is 0.153 e. The second kappa shape index (κ2) is 4.47. The third kappa shape index (κ3) is 1.65. The lowest BCUT2D eigenvalue weighted by Crippen LogP contribution is -2.37. The highest BCUT2D eigenvalue weighted by Crippen LogP contribution is 2.40. The molecule has 0 N–H and O–H groups in total. The summed E-state index contributed by atoms with van der Waals surface area (Å²) in [6.07, 6.45) is 10.3. The van der Waals surface area contributed by atoms with E-state index in [1.54, 1.807) is 0 Å². The molecule has 0 saturated heterocycles. The monoisotopic (exact) mass is 290 g/mol. The van der Waals surface area contributed by atoms with Gasteiger partial charge in [-0.1, -0.05) is 18.2 Å². The molecule has 22 heavy (non-hydrogen) atoms. The van der Waals surface area contributed by atoms with E-state index in [0.29, 0.717) is 0 Å². The number of aryl methyl sites for hydroxylation is 1. The van der Waals surface area contributed by atoms with Crippen molar-refractivity contribution in [3.8, 4) is 0 Å². The Morgan fingerprint density at radius 2 is 2.05 bits per heavy atom. The Hall–Kier alpha value is -2.55. The number of rotatable bonds is 1. The molecule has 2 aromatic heterocycles. The topological polar surface area (TPSA) is 29.3 Å². The second-order valence-electron chi connectivity index (χ2n) is 6.05. The molecule has 3 nitrogen and oxygen atoms in total. The maximum absolute atomic E-state index is 6.18. The van der Waals surface area contributed by atoms with Gasteiger partial charge in [-0.15, -0.1) is 0 Å².